The predicted octanol–water partition coefficient (Wildman–Crippen LogP) is 2.26. The van der Waals surface area contributed by atoms with E-state index in [0.29, 0.717) is 0 Å². The molecule has 1 aromatic heterocycles. The summed E-state index contributed by atoms with van der Waals surface area (Å²) in [6.07, 6.45) is 0. The molecule has 0 aliphatic carbocycles. The zero-order chi connectivity index (χ0) is 17.2. The summed E-state index contributed by atoms with van der Waals surface area (Å²) in [7, 11) is -3.10. The van der Waals surface area contributed by atoms with Gasteiger partial charge in [0.05, 0.1) is 12.7 Å². The maximum absolute atomic E-state index is 13.4. The van der Waals surface area contributed by atoms with Gasteiger partial charge in [0.15, 0.2) is 5.82 Å². The molecule has 0 saturated heterocycles. The minimum Gasteiger partial charge on any atom is -0.465 e. The number of esters is 1. The second-order valence-corrected chi connectivity index (χ2v) is 6.75. The summed E-state index contributed by atoms with van der Waals surface area (Å²) >= 11 is 0. The molecule has 0 saturated carbocycles. The van der Waals surface area contributed by atoms with Crippen molar-refractivity contribution in [2.45, 2.75) is 24.7 Å². The van der Waals surface area contributed by atoms with Crippen LogP contribution in [0.3, 0.4) is 0 Å². The maximum Gasteiger partial charge on any atom is 0.339 e. The molecule has 1 aromatic carbocycles. The van der Waals surface area contributed by atoms with Crippen LogP contribution in [0.4, 0.5) is 10.2 Å². The van der Waals surface area contributed by atoms with Crippen molar-refractivity contribution in [3.63, 3.8) is 0 Å². The fourth-order valence-corrected chi connectivity index (χ4v) is 3.07. The molecule has 0 radical (unpaired) electrons. The molecule has 2 N–H and O–H groups in total. The fraction of sp³-hybridized carbons (Fsp3) is 0.286. The topological polar surface area (TPSA) is 101 Å². The van der Waals surface area contributed by atoms with Gasteiger partial charge in [-0.25, -0.2) is 17.6 Å². The summed E-state index contributed by atoms with van der Waals surface area (Å²) < 4.78 is 45.0. The van der Waals surface area contributed by atoms with Crippen molar-refractivity contribution >= 4 is 21.8 Å². The lowest BCUT2D eigenvalue weighted by Crippen LogP contribution is -2.18. The minimum absolute atomic E-state index is 0.0498. The zero-order valence-corrected chi connectivity index (χ0v) is 13.6. The van der Waals surface area contributed by atoms with Gasteiger partial charge in [0.25, 0.3) is 10.0 Å². The predicted molar refractivity (Wildman–Crippen MR) is 81.2 cm³/mol. The summed E-state index contributed by atoms with van der Waals surface area (Å²) in [5.74, 6) is -1.49. The van der Waals surface area contributed by atoms with Crippen molar-refractivity contribution in [1.82, 2.24) is 10.2 Å². The molecule has 0 fully saturated rings. The second kappa shape index (κ2) is 6.37. The first-order valence-corrected chi connectivity index (χ1v) is 8.19. The molecule has 0 aliphatic heterocycles. The number of rotatable bonds is 5. The molecule has 0 amide bonds. The lowest BCUT2D eigenvalue weighted by molar-refractivity contribution is 0.0596. The van der Waals surface area contributed by atoms with E-state index in [-0.39, 0.29) is 17.3 Å². The van der Waals surface area contributed by atoms with E-state index < -0.39 is 26.7 Å². The number of hydrogen-bond donors (Lipinski definition) is 2. The molecular weight excluding hydrogens is 325 g/mol. The monoisotopic (exact) mass is 341 g/mol. The van der Waals surface area contributed by atoms with Gasteiger partial charge >= 0.3 is 5.97 Å². The Bertz CT molecular complexity index is 830. The van der Waals surface area contributed by atoms with Crippen molar-refractivity contribution < 1.29 is 22.3 Å². The van der Waals surface area contributed by atoms with Crippen molar-refractivity contribution in [2.75, 3.05) is 11.8 Å². The number of carbonyl (C=O) groups excluding carboxylic acids is 1. The average molecular weight is 341 g/mol. The van der Waals surface area contributed by atoms with E-state index in [4.69, 9.17) is 0 Å². The van der Waals surface area contributed by atoms with Crippen LogP contribution in [-0.2, 0) is 14.8 Å². The van der Waals surface area contributed by atoms with E-state index in [2.05, 4.69) is 19.7 Å². The lowest BCUT2D eigenvalue weighted by Gasteiger charge is -2.09. The molecule has 0 atom stereocenters. The van der Waals surface area contributed by atoms with Gasteiger partial charge in [-0.15, -0.1) is 0 Å². The quantitative estimate of drug-likeness (QED) is 0.812. The summed E-state index contributed by atoms with van der Waals surface area (Å²) in [6, 6.07) is 4.32. The third-order valence-corrected chi connectivity index (χ3v) is 4.49. The molecule has 1 heterocycles. The standard InChI is InChI=1S/C14H16FN3O4S/c1-8(2)11-7-13(17-16-11)18-23(20,21)12-6-9(15)4-5-10(12)14(19)22-3/h4-8H,1-3H3,(H2,16,17,18). The first kappa shape index (κ1) is 16.9. The number of halogens is 1. The number of anilines is 1. The van der Waals surface area contributed by atoms with Crippen molar-refractivity contribution in [3.8, 4) is 0 Å². The molecule has 7 nitrogen and oxygen atoms in total. The number of nitrogens with zero attached hydrogens (tertiary/aromatic N) is 1. The molecule has 2 rings (SSSR count). The first-order valence-electron chi connectivity index (χ1n) is 6.70. The van der Waals surface area contributed by atoms with Gasteiger partial charge in [-0.1, -0.05) is 13.8 Å². The summed E-state index contributed by atoms with van der Waals surface area (Å²) in [5, 5.41) is 6.54. The minimum atomic E-state index is -4.21. The number of methoxy groups -OCH3 is 1. The van der Waals surface area contributed by atoms with Crippen LogP contribution in [0.5, 0.6) is 0 Å². The number of benzene rings is 1. The Kier molecular flexibility index (Phi) is 4.69. The van der Waals surface area contributed by atoms with Gasteiger partial charge in [-0.3, -0.25) is 9.82 Å². The number of sulfonamides is 1. The van der Waals surface area contributed by atoms with Gasteiger partial charge in [0.2, 0.25) is 0 Å². The Morgan fingerprint density at radius 2 is 2.04 bits per heavy atom. The zero-order valence-electron chi connectivity index (χ0n) is 12.8. The van der Waals surface area contributed by atoms with E-state index >= 15 is 0 Å². The Balaban J connectivity index is 2.42. The van der Waals surface area contributed by atoms with Crippen molar-refractivity contribution in [3.05, 3.63) is 41.3 Å². The molecular formula is C14H16FN3O4S. The number of ether oxygens (including phenoxy) is 1. The third kappa shape index (κ3) is 3.67. The number of aromatic nitrogens is 2. The van der Waals surface area contributed by atoms with Crippen LogP contribution >= 0.6 is 0 Å². The molecule has 124 valence electrons. The number of aromatic amines is 1. The van der Waals surface area contributed by atoms with Gasteiger partial charge in [-0.05, 0) is 24.1 Å². The van der Waals surface area contributed by atoms with Crippen LogP contribution in [0.15, 0.2) is 29.2 Å². The SMILES string of the molecule is COC(=O)c1ccc(F)cc1S(=O)(=O)Nc1cc(C(C)C)[nH]n1. The van der Waals surface area contributed by atoms with Crippen LogP contribution in [0.25, 0.3) is 0 Å². The van der Waals surface area contributed by atoms with Crippen LogP contribution in [0.2, 0.25) is 0 Å². The average Bonchev–Trinajstić information content (AvgIpc) is 2.94. The van der Waals surface area contributed by atoms with Crippen LogP contribution in [-0.4, -0.2) is 31.7 Å². The highest BCUT2D eigenvalue weighted by molar-refractivity contribution is 7.92. The Morgan fingerprint density at radius 3 is 2.61 bits per heavy atom. The van der Waals surface area contributed by atoms with Crippen LogP contribution < -0.4 is 4.72 Å². The maximum atomic E-state index is 13.4. The largest absolute Gasteiger partial charge is 0.465 e. The lowest BCUT2D eigenvalue weighted by atomic mass is 10.1. The van der Waals surface area contributed by atoms with E-state index in [0.717, 1.165) is 31.0 Å². The van der Waals surface area contributed by atoms with Crippen molar-refractivity contribution in [2.24, 2.45) is 0 Å². The Morgan fingerprint density at radius 1 is 1.35 bits per heavy atom. The molecule has 0 unspecified atom stereocenters. The Labute approximate surface area is 132 Å². The van der Waals surface area contributed by atoms with Crippen molar-refractivity contribution in [1.29, 1.82) is 0 Å². The van der Waals surface area contributed by atoms with E-state index in [1.807, 2.05) is 13.8 Å². The molecule has 0 aliphatic rings. The molecule has 9 heteroatoms. The summed E-state index contributed by atoms with van der Waals surface area (Å²) in [5.41, 5.74) is 0.469. The van der Waals surface area contributed by atoms with Gasteiger partial charge in [0.1, 0.15) is 10.7 Å². The first-order chi connectivity index (χ1) is 10.7. The normalized spacial score (nSPS) is 11.5. The third-order valence-electron chi connectivity index (χ3n) is 3.10. The Hall–Kier alpha value is -2.42. The molecule has 0 spiro atoms. The highest BCUT2D eigenvalue weighted by Crippen LogP contribution is 2.22. The fourth-order valence-electron chi connectivity index (χ4n) is 1.87. The number of hydrogen-bond acceptors (Lipinski definition) is 5. The van der Waals surface area contributed by atoms with Crippen LogP contribution in [0, 0.1) is 5.82 Å². The number of carbonyl (C=O) groups is 1. The second-order valence-electron chi connectivity index (χ2n) is 5.10. The van der Waals surface area contributed by atoms with Gasteiger partial charge in [0, 0.05) is 11.8 Å². The molecule has 0 bridgehead atoms. The van der Waals surface area contributed by atoms with E-state index in [9.17, 15) is 17.6 Å². The number of nitrogens with one attached hydrogen (secondary N) is 2. The van der Waals surface area contributed by atoms with E-state index in [1.54, 1.807) is 0 Å². The molecule has 2 aromatic rings. The summed E-state index contributed by atoms with van der Waals surface area (Å²) in [4.78, 5) is 11.2. The smallest absolute Gasteiger partial charge is 0.339 e. The number of H-pyrrole nitrogens is 1. The van der Waals surface area contributed by atoms with Crippen LogP contribution in [0.1, 0.15) is 35.8 Å². The van der Waals surface area contributed by atoms with Gasteiger partial charge < -0.3 is 4.74 Å². The highest BCUT2D eigenvalue weighted by Gasteiger charge is 2.25. The molecule has 23 heavy (non-hydrogen) atoms. The highest BCUT2D eigenvalue weighted by atomic mass is 32.2. The van der Waals surface area contributed by atoms with E-state index in [1.165, 1.54) is 6.07 Å². The van der Waals surface area contributed by atoms with Gasteiger partial charge in [-0.2, -0.15) is 5.10 Å². The summed E-state index contributed by atoms with van der Waals surface area (Å²) in [6.45, 7) is 3.82.